The average molecular weight is 364 g/mol. The third-order valence-electron chi connectivity index (χ3n) is 5.52. The number of furan rings is 1. The SMILES string of the molecule is Cc1c(C(=O)N2CCCC(C(=O)N(C)C)C2)oc2c1ccc1ccccc12. The summed E-state index contributed by atoms with van der Waals surface area (Å²) in [7, 11) is 3.52. The van der Waals surface area contributed by atoms with Crippen LogP contribution in [0.25, 0.3) is 21.7 Å². The van der Waals surface area contributed by atoms with Crippen LogP contribution in [0.15, 0.2) is 40.8 Å². The Morgan fingerprint density at radius 3 is 2.67 bits per heavy atom. The number of piperidine rings is 1. The number of likely N-dealkylation sites (tertiary alicyclic amines) is 1. The van der Waals surface area contributed by atoms with Gasteiger partial charge in [-0.25, -0.2) is 0 Å². The highest BCUT2D eigenvalue weighted by atomic mass is 16.3. The first-order chi connectivity index (χ1) is 13.0. The van der Waals surface area contributed by atoms with Crippen LogP contribution in [0.1, 0.15) is 29.0 Å². The zero-order valence-corrected chi connectivity index (χ0v) is 16.0. The quantitative estimate of drug-likeness (QED) is 0.694. The molecule has 5 nitrogen and oxygen atoms in total. The number of carbonyl (C=O) groups is 2. The second-order valence-corrected chi connectivity index (χ2v) is 7.54. The summed E-state index contributed by atoms with van der Waals surface area (Å²) in [4.78, 5) is 28.9. The van der Waals surface area contributed by atoms with Gasteiger partial charge in [-0.2, -0.15) is 0 Å². The van der Waals surface area contributed by atoms with Crippen molar-refractivity contribution >= 4 is 33.6 Å². The Morgan fingerprint density at radius 2 is 1.89 bits per heavy atom. The summed E-state index contributed by atoms with van der Waals surface area (Å²) in [5, 5.41) is 3.07. The lowest BCUT2D eigenvalue weighted by Crippen LogP contribution is -2.45. The monoisotopic (exact) mass is 364 g/mol. The summed E-state index contributed by atoms with van der Waals surface area (Å²) < 4.78 is 6.08. The number of nitrogens with zero attached hydrogens (tertiary/aromatic N) is 2. The molecule has 0 bridgehead atoms. The Kier molecular flexibility index (Phi) is 4.38. The number of aryl methyl sites for hydroxylation is 1. The van der Waals surface area contributed by atoms with Crippen LogP contribution in [-0.4, -0.2) is 48.8 Å². The van der Waals surface area contributed by atoms with Gasteiger partial charge in [0.05, 0.1) is 5.92 Å². The van der Waals surface area contributed by atoms with Gasteiger partial charge in [0.1, 0.15) is 5.58 Å². The molecule has 1 unspecified atom stereocenters. The van der Waals surface area contributed by atoms with Crippen LogP contribution in [0.4, 0.5) is 0 Å². The normalized spacial score (nSPS) is 17.4. The molecule has 2 amide bonds. The fourth-order valence-electron chi connectivity index (χ4n) is 4.03. The van der Waals surface area contributed by atoms with Crippen LogP contribution < -0.4 is 0 Å². The molecule has 0 radical (unpaired) electrons. The van der Waals surface area contributed by atoms with Gasteiger partial charge >= 0.3 is 0 Å². The van der Waals surface area contributed by atoms with Crippen molar-refractivity contribution < 1.29 is 14.0 Å². The van der Waals surface area contributed by atoms with Crippen LogP contribution >= 0.6 is 0 Å². The zero-order chi connectivity index (χ0) is 19.1. The standard InChI is InChI=1S/C22H24N2O3/c1-14-17-11-10-15-7-4-5-9-18(15)20(17)27-19(14)22(26)24-12-6-8-16(13-24)21(25)23(2)3/h4-5,7,9-11,16H,6,8,12-13H2,1-3H3. The molecule has 0 spiro atoms. The van der Waals surface area contributed by atoms with Crippen molar-refractivity contribution in [2.75, 3.05) is 27.2 Å². The van der Waals surface area contributed by atoms with E-state index >= 15 is 0 Å². The van der Waals surface area contributed by atoms with Crippen molar-refractivity contribution in [3.05, 3.63) is 47.7 Å². The summed E-state index contributed by atoms with van der Waals surface area (Å²) in [6.45, 7) is 3.04. The molecule has 140 valence electrons. The summed E-state index contributed by atoms with van der Waals surface area (Å²) in [5.41, 5.74) is 1.62. The highest BCUT2D eigenvalue weighted by molar-refractivity contribution is 6.08. The largest absolute Gasteiger partial charge is 0.450 e. The van der Waals surface area contributed by atoms with Crippen molar-refractivity contribution in [3.63, 3.8) is 0 Å². The lowest BCUT2D eigenvalue weighted by molar-refractivity contribution is -0.134. The second-order valence-electron chi connectivity index (χ2n) is 7.54. The first-order valence-electron chi connectivity index (χ1n) is 9.38. The minimum Gasteiger partial charge on any atom is -0.450 e. The lowest BCUT2D eigenvalue weighted by Gasteiger charge is -2.32. The third kappa shape index (κ3) is 2.97. The van der Waals surface area contributed by atoms with Gasteiger partial charge in [0.2, 0.25) is 5.91 Å². The lowest BCUT2D eigenvalue weighted by atomic mass is 9.96. The van der Waals surface area contributed by atoms with E-state index in [0.29, 0.717) is 18.8 Å². The maximum Gasteiger partial charge on any atom is 0.289 e. The van der Waals surface area contributed by atoms with Gasteiger partial charge < -0.3 is 14.2 Å². The van der Waals surface area contributed by atoms with E-state index < -0.39 is 0 Å². The topological polar surface area (TPSA) is 53.8 Å². The highest BCUT2D eigenvalue weighted by Crippen LogP contribution is 2.33. The van der Waals surface area contributed by atoms with Gasteiger partial charge in [-0.3, -0.25) is 9.59 Å². The fourth-order valence-corrected chi connectivity index (χ4v) is 4.03. The number of hydrogen-bond donors (Lipinski definition) is 0. The Morgan fingerprint density at radius 1 is 1.11 bits per heavy atom. The number of rotatable bonds is 2. The van der Waals surface area contributed by atoms with E-state index in [0.717, 1.165) is 40.1 Å². The van der Waals surface area contributed by atoms with Gasteiger partial charge in [-0.1, -0.05) is 36.4 Å². The molecule has 0 aliphatic carbocycles. The van der Waals surface area contributed by atoms with E-state index in [1.807, 2.05) is 37.3 Å². The van der Waals surface area contributed by atoms with Crippen molar-refractivity contribution in [1.29, 1.82) is 0 Å². The summed E-state index contributed by atoms with van der Waals surface area (Å²) in [6, 6.07) is 12.1. The molecule has 27 heavy (non-hydrogen) atoms. The molecule has 1 fully saturated rings. The van der Waals surface area contributed by atoms with E-state index in [9.17, 15) is 9.59 Å². The maximum absolute atomic E-state index is 13.2. The number of fused-ring (bicyclic) bond motifs is 3. The predicted molar refractivity (Wildman–Crippen MR) is 106 cm³/mol. The molecule has 5 heteroatoms. The molecular formula is C22H24N2O3. The molecule has 4 rings (SSSR count). The van der Waals surface area contributed by atoms with E-state index in [1.54, 1.807) is 23.9 Å². The van der Waals surface area contributed by atoms with Crippen molar-refractivity contribution in [3.8, 4) is 0 Å². The van der Waals surface area contributed by atoms with Gasteiger partial charge in [-0.05, 0) is 25.2 Å². The molecule has 0 saturated carbocycles. The van der Waals surface area contributed by atoms with Crippen LogP contribution in [-0.2, 0) is 4.79 Å². The second kappa shape index (κ2) is 6.72. The third-order valence-corrected chi connectivity index (χ3v) is 5.52. The van der Waals surface area contributed by atoms with Gasteiger partial charge in [0.25, 0.3) is 5.91 Å². The summed E-state index contributed by atoms with van der Waals surface area (Å²) >= 11 is 0. The summed E-state index contributed by atoms with van der Waals surface area (Å²) in [5.74, 6) is 0.214. The van der Waals surface area contributed by atoms with Gasteiger partial charge in [-0.15, -0.1) is 0 Å². The number of carbonyl (C=O) groups excluding carboxylic acids is 2. The van der Waals surface area contributed by atoms with E-state index in [1.165, 1.54) is 0 Å². The first kappa shape index (κ1) is 17.6. The smallest absolute Gasteiger partial charge is 0.289 e. The molecule has 2 aromatic carbocycles. The first-order valence-corrected chi connectivity index (χ1v) is 9.38. The molecule has 1 aromatic heterocycles. The zero-order valence-electron chi connectivity index (χ0n) is 16.0. The maximum atomic E-state index is 13.2. The van der Waals surface area contributed by atoms with Crippen LogP contribution in [0, 0.1) is 12.8 Å². The molecule has 1 saturated heterocycles. The van der Waals surface area contributed by atoms with Crippen molar-refractivity contribution in [2.24, 2.45) is 5.92 Å². The minimum atomic E-state index is -0.136. The highest BCUT2D eigenvalue weighted by Gasteiger charge is 2.32. The molecule has 2 heterocycles. The molecule has 1 atom stereocenters. The molecule has 1 aliphatic heterocycles. The predicted octanol–water partition coefficient (Wildman–Crippen LogP) is 3.83. The van der Waals surface area contributed by atoms with Crippen molar-refractivity contribution in [2.45, 2.75) is 19.8 Å². The van der Waals surface area contributed by atoms with E-state index in [4.69, 9.17) is 4.42 Å². The van der Waals surface area contributed by atoms with Crippen LogP contribution in [0.2, 0.25) is 0 Å². The van der Waals surface area contributed by atoms with Crippen molar-refractivity contribution in [1.82, 2.24) is 9.80 Å². The van der Waals surface area contributed by atoms with Crippen LogP contribution in [0.5, 0.6) is 0 Å². The Bertz CT molecular complexity index is 1030. The Balaban J connectivity index is 1.69. The molecule has 0 N–H and O–H groups in total. The van der Waals surface area contributed by atoms with Gasteiger partial charge in [0, 0.05) is 43.5 Å². The number of amides is 2. The molecular weight excluding hydrogens is 340 g/mol. The van der Waals surface area contributed by atoms with Gasteiger partial charge in [0.15, 0.2) is 5.76 Å². The number of benzene rings is 2. The molecule has 3 aromatic rings. The Labute approximate surface area is 158 Å². The van der Waals surface area contributed by atoms with Crippen LogP contribution in [0.3, 0.4) is 0 Å². The number of hydrogen-bond acceptors (Lipinski definition) is 3. The minimum absolute atomic E-state index is 0.0832. The molecule has 1 aliphatic rings. The summed E-state index contributed by atoms with van der Waals surface area (Å²) in [6.07, 6.45) is 1.66. The fraction of sp³-hybridized carbons (Fsp3) is 0.364. The van der Waals surface area contributed by atoms with E-state index in [-0.39, 0.29) is 17.7 Å². The average Bonchev–Trinajstić information content (AvgIpc) is 3.04. The van der Waals surface area contributed by atoms with E-state index in [2.05, 4.69) is 6.07 Å². The Hall–Kier alpha value is -2.82.